The van der Waals surface area contributed by atoms with Crippen LogP contribution in [0.4, 0.5) is 0 Å². The number of hydrogen-bond acceptors (Lipinski definition) is 3. The second-order valence-corrected chi connectivity index (χ2v) is 4.83. The molecule has 0 amide bonds. The lowest BCUT2D eigenvalue weighted by atomic mass is 9.96. The number of carbonyl (C=O) groups excluding carboxylic acids is 1. The molecule has 0 bridgehead atoms. The van der Waals surface area contributed by atoms with Gasteiger partial charge in [0.1, 0.15) is 6.10 Å². The highest BCUT2D eigenvalue weighted by molar-refractivity contribution is 14.1. The van der Waals surface area contributed by atoms with Gasteiger partial charge in [-0.2, -0.15) is 0 Å². The van der Waals surface area contributed by atoms with Crippen molar-refractivity contribution in [3.05, 3.63) is 33.4 Å². The van der Waals surface area contributed by atoms with E-state index in [-0.39, 0.29) is 24.6 Å². The summed E-state index contributed by atoms with van der Waals surface area (Å²) in [6.07, 6.45) is 0.248. The van der Waals surface area contributed by atoms with Gasteiger partial charge in [0, 0.05) is 9.99 Å². The quantitative estimate of drug-likeness (QED) is 0.667. The molecule has 2 atom stereocenters. The highest BCUT2D eigenvalue weighted by atomic mass is 127. The maximum atomic E-state index is 11.5. The van der Waals surface area contributed by atoms with Crippen molar-refractivity contribution in [2.24, 2.45) is 0 Å². The number of cyclic esters (lactones) is 1. The normalized spacial score (nSPS) is 25.3. The van der Waals surface area contributed by atoms with Crippen LogP contribution in [0.2, 0.25) is 0 Å². The van der Waals surface area contributed by atoms with Gasteiger partial charge in [0.25, 0.3) is 0 Å². The fraction of sp³-hybridized carbons (Fsp3) is 0.364. The number of rotatable bonds is 2. The minimum atomic E-state index is -0.332. The molecule has 80 valence electrons. The smallest absolute Gasteiger partial charge is 0.313 e. The maximum absolute atomic E-state index is 11.5. The van der Waals surface area contributed by atoms with Crippen LogP contribution < -0.4 is 0 Å². The third-order valence-corrected chi connectivity index (χ3v) is 3.26. The summed E-state index contributed by atoms with van der Waals surface area (Å²) >= 11 is 2.22. The molecule has 2 rings (SSSR count). The lowest BCUT2D eigenvalue weighted by Gasteiger charge is -2.05. The van der Waals surface area contributed by atoms with Gasteiger partial charge in [-0.1, -0.05) is 12.1 Å². The standard InChI is InChI=1S/C11H11IO3/c12-8-3-1-7(2-4-8)10-5-9(6-13)15-11(10)14/h1-4,9-10,13H,5-6H2. The first-order valence-corrected chi connectivity index (χ1v) is 5.85. The van der Waals surface area contributed by atoms with Gasteiger partial charge in [0.05, 0.1) is 12.5 Å². The number of benzene rings is 1. The molecule has 1 N–H and O–H groups in total. The molecule has 3 nitrogen and oxygen atoms in total. The van der Waals surface area contributed by atoms with E-state index < -0.39 is 0 Å². The second-order valence-electron chi connectivity index (χ2n) is 3.58. The number of carbonyl (C=O) groups is 1. The van der Waals surface area contributed by atoms with Gasteiger partial charge in [-0.15, -0.1) is 0 Å². The number of ether oxygens (including phenoxy) is 1. The Bertz CT molecular complexity index is 361. The van der Waals surface area contributed by atoms with Crippen LogP contribution in [-0.4, -0.2) is 23.8 Å². The zero-order valence-corrected chi connectivity index (χ0v) is 10.2. The fourth-order valence-corrected chi connectivity index (χ4v) is 2.09. The second kappa shape index (κ2) is 4.49. The molecular weight excluding hydrogens is 307 g/mol. The molecule has 1 aliphatic heterocycles. The van der Waals surface area contributed by atoms with Crippen LogP contribution in [0.5, 0.6) is 0 Å². The van der Waals surface area contributed by atoms with E-state index in [1.807, 2.05) is 24.3 Å². The summed E-state index contributed by atoms with van der Waals surface area (Å²) in [6.45, 7) is -0.0907. The zero-order chi connectivity index (χ0) is 10.8. The molecule has 0 radical (unpaired) electrons. The van der Waals surface area contributed by atoms with E-state index in [0.29, 0.717) is 6.42 Å². The molecular formula is C11H11IO3. The molecule has 0 saturated carbocycles. The van der Waals surface area contributed by atoms with Gasteiger partial charge in [0.15, 0.2) is 0 Å². The Morgan fingerprint density at radius 3 is 2.60 bits per heavy atom. The summed E-state index contributed by atoms with van der Waals surface area (Å²) in [5.74, 6) is -0.436. The minimum absolute atomic E-state index is 0.0907. The summed E-state index contributed by atoms with van der Waals surface area (Å²) in [4.78, 5) is 11.5. The first kappa shape index (κ1) is 10.9. The predicted octanol–water partition coefficient (Wildman–Crippen LogP) is 1.68. The lowest BCUT2D eigenvalue weighted by Crippen LogP contribution is -2.10. The van der Waals surface area contributed by atoms with Crippen molar-refractivity contribution in [1.82, 2.24) is 0 Å². The summed E-state index contributed by atoms with van der Waals surface area (Å²) in [5.41, 5.74) is 0.969. The van der Waals surface area contributed by atoms with Crippen molar-refractivity contribution in [2.45, 2.75) is 18.4 Å². The third-order valence-electron chi connectivity index (χ3n) is 2.54. The summed E-state index contributed by atoms with van der Waals surface area (Å²) < 4.78 is 6.16. The van der Waals surface area contributed by atoms with E-state index in [9.17, 15) is 4.79 Å². The maximum Gasteiger partial charge on any atom is 0.313 e. The zero-order valence-electron chi connectivity index (χ0n) is 8.02. The first-order chi connectivity index (χ1) is 7.20. The monoisotopic (exact) mass is 318 g/mol. The Kier molecular flexibility index (Phi) is 3.25. The average Bonchev–Trinajstić information content (AvgIpc) is 2.61. The average molecular weight is 318 g/mol. The molecule has 4 heteroatoms. The molecule has 1 fully saturated rings. The summed E-state index contributed by atoms with van der Waals surface area (Å²) in [5, 5.41) is 8.91. The number of halogens is 1. The Balaban J connectivity index is 2.18. The molecule has 1 aliphatic rings. The van der Waals surface area contributed by atoms with E-state index in [0.717, 1.165) is 9.13 Å². The van der Waals surface area contributed by atoms with Crippen LogP contribution in [-0.2, 0) is 9.53 Å². The molecule has 1 aromatic carbocycles. The Morgan fingerprint density at radius 2 is 2.07 bits per heavy atom. The van der Waals surface area contributed by atoms with E-state index in [1.54, 1.807) is 0 Å². The molecule has 0 aliphatic carbocycles. The Hall–Kier alpha value is -0.620. The van der Waals surface area contributed by atoms with E-state index in [1.165, 1.54) is 0 Å². The topological polar surface area (TPSA) is 46.5 Å². The third kappa shape index (κ3) is 2.31. The van der Waals surface area contributed by atoms with Crippen LogP contribution in [0.25, 0.3) is 0 Å². The SMILES string of the molecule is O=C1OC(CO)CC1c1ccc(I)cc1. The minimum Gasteiger partial charge on any atom is -0.459 e. The van der Waals surface area contributed by atoms with Crippen molar-refractivity contribution in [3.8, 4) is 0 Å². The number of esters is 1. The highest BCUT2D eigenvalue weighted by Crippen LogP contribution is 2.30. The van der Waals surface area contributed by atoms with Gasteiger partial charge in [-0.05, 0) is 40.3 Å². The van der Waals surface area contributed by atoms with Crippen LogP contribution in [0.1, 0.15) is 17.9 Å². The van der Waals surface area contributed by atoms with Gasteiger partial charge in [-0.3, -0.25) is 4.79 Å². The lowest BCUT2D eigenvalue weighted by molar-refractivity contribution is -0.143. The summed E-state index contributed by atoms with van der Waals surface area (Å²) in [7, 11) is 0. The van der Waals surface area contributed by atoms with Gasteiger partial charge < -0.3 is 9.84 Å². The predicted molar refractivity (Wildman–Crippen MR) is 63.5 cm³/mol. The van der Waals surface area contributed by atoms with Gasteiger partial charge in [-0.25, -0.2) is 0 Å². The van der Waals surface area contributed by atoms with Gasteiger partial charge >= 0.3 is 5.97 Å². The number of aliphatic hydroxyl groups is 1. The fourth-order valence-electron chi connectivity index (χ4n) is 1.73. The Labute approximate surface area is 102 Å². The van der Waals surface area contributed by atoms with E-state index >= 15 is 0 Å². The molecule has 0 aromatic heterocycles. The van der Waals surface area contributed by atoms with E-state index in [4.69, 9.17) is 9.84 Å². The largest absolute Gasteiger partial charge is 0.459 e. The van der Waals surface area contributed by atoms with Crippen LogP contribution in [0.3, 0.4) is 0 Å². The van der Waals surface area contributed by atoms with Crippen molar-refractivity contribution in [2.75, 3.05) is 6.61 Å². The first-order valence-electron chi connectivity index (χ1n) is 4.77. The molecule has 1 aromatic rings. The number of hydrogen-bond donors (Lipinski definition) is 1. The van der Waals surface area contributed by atoms with Crippen molar-refractivity contribution in [1.29, 1.82) is 0 Å². The van der Waals surface area contributed by atoms with Crippen LogP contribution in [0.15, 0.2) is 24.3 Å². The summed E-state index contributed by atoms with van der Waals surface area (Å²) in [6, 6.07) is 7.81. The van der Waals surface area contributed by atoms with Crippen molar-refractivity contribution < 1.29 is 14.6 Å². The van der Waals surface area contributed by atoms with Crippen LogP contribution in [0, 0.1) is 3.57 Å². The molecule has 1 saturated heterocycles. The van der Waals surface area contributed by atoms with Crippen LogP contribution >= 0.6 is 22.6 Å². The van der Waals surface area contributed by atoms with Crippen molar-refractivity contribution in [3.63, 3.8) is 0 Å². The molecule has 0 spiro atoms. The number of aliphatic hydroxyl groups excluding tert-OH is 1. The molecule has 15 heavy (non-hydrogen) atoms. The van der Waals surface area contributed by atoms with Gasteiger partial charge in [0.2, 0.25) is 0 Å². The highest BCUT2D eigenvalue weighted by Gasteiger charge is 2.34. The van der Waals surface area contributed by atoms with E-state index in [2.05, 4.69) is 22.6 Å². The Morgan fingerprint density at radius 1 is 1.40 bits per heavy atom. The molecule has 1 heterocycles. The molecule has 2 unspecified atom stereocenters. The van der Waals surface area contributed by atoms with Crippen molar-refractivity contribution >= 4 is 28.6 Å².